The Morgan fingerprint density at radius 1 is 1.33 bits per heavy atom. The molecule has 0 fully saturated rings. The fraction of sp³-hybridized carbons (Fsp3) is 0.583. The lowest BCUT2D eigenvalue weighted by atomic mass is 10.0. The Labute approximate surface area is 182 Å². The van der Waals surface area contributed by atoms with Gasteiger partial charge in [-0.25, -0.2) is 4.39 Å². The monoisotopic (exact) mass is 418 g/mol. The van der Waals surface area contributed by atoms with Crippen LogP contribution in [0.15, 0.2) is 53.6 Å². The highest BCUT2D eigenvalue weighted by atomic mass is 19.1. The van der Waals surface area contributed by atoms with Gasteiger partial charge in [-0.15, -0.1) is 6.58 Å². The van der Waals surface area contributed by atoms with Crippen molar-refractivity contribution in [3.8, 4) is 6.07 Å². The van der Waals surface area contributed by atoms with E-state index in [1.54, 1.807) is 13.0 Å². The summed E-state index contributed by atoms with van der Waals surface area (Å²) in [4.78, 5) is 3.37. The zero-order valence-electron chi connectivity index (χ0n) is 18.7. The van der Waals surface area contributed by atoms with Crippen LogP contribution in [0.4, 0.5) is 4.39 Å². The number of nitriles is 1. The fourth-order valence-electron chi connectivity index (χ4n) is 2.62. The first-order chi connectivity index (χ1) is 14.6. The predicted molar refractivity (Wildman–Crippen MR) is 125 cm³/mol. The molecule has 0 amide bonds. The smallest absolute Gasteiger partial charge is 0.194 e. The molecule has 0 radical (unpaired) electrons. The third-order valence-corrected chi connectivity index (χ3v) is 4.57. The lowest BCUT2D eigenvalue weighted by molar-refractivity contribution is 0.165. The van der Waals surface area contributed by atoms with Crippen LogP contribution in [0, 0.1) is 23.2 Å². The molecule has 0 saturated carbocycles. The minimum absolute atomic E-state index is 0.311. The van der Waals surface area contributed by atoms with Crippen molar-refractivity contribution in [2.24, 2.45) is 16.8 Å². The van der Waals surface area contributed by atoms with E-state index in [1.165, 1.54) is 0 Å². The molecular formula is C24H39FN4O. The fourth-order valence-corrected chi connectivity index (χ4v) is 2.62. The molecule has 168 valence electrons. The molecule has 0 aromatic rings. The second kappa shape index (κ2) is 20.2. The maximum Gasteiger partial charge on any atom is 0.194 e. The molecule has 0 rings (SSSR count). The van der Waals surface area contributed by atoms with E-state index < -0.39 is 6.30 Å². The minimum Gasteiger partial charge on any atom is -0.376 e. The Morgan fingerprint density at radius 3 is 2.80 bits per heavy atom. The number of nitrogens with one attached hydrogen (secondary N) is 2. The molecule has 30 heavy (non-hydrogen) atoms. The van der Waals surface area contributed by atoms with Crippen LogP contribution < -0.4 is 10.6 Å². The van der Waals surface area contributed by atoms with Gasteiger partial charge < -0.3 is 15.4 Å². The molecule has 6 heteroatoms. The van der Waals surface area contributed by atoms with Crippen molar-refractivity contribution >= 4 is 6.72 Å². The molecular weight excluding hydrogens is 379 g/mol. The second-order valence-corrected chi connectivity index (χ2v) is 7.13. The highest BCUT2D eigenvalue weighted by Crippen LogP contribution is 2.11. The summed E-state index contributed by atoms with van der Waals surface area (Å²) in [7, 11) is 1.91. The van der Waals surface area contributed by atoms with Gasteiger partial charge in [0.1, 0.15) is 0 Å². The molecule has 0 aliphatic carbocycles. The molecule has 0 saturated heterocycles. The third-order valence-electron chi connectivity index (χ3n) is 4.57. The van der Waals surface area contributed by atoms with Crippen molar-refractivity contribution in [1.82, 2.24) is 10.6 Å². The van der Waals surface area contributed by atoms with Gasteiger partial charge in [0.15, 0.2) is 6.30 Å². The van der Waals surface area contributed by atoms with Crippen LogP contribution >= 0.6 is 0 Å². The molecule has 0 spiro atoms. The number of ether oxygens (including phenoxy) is 1. The quantitative estimate of drug-likeness (QED) is 0.107. The maximum atomic E-state index is 13.3. The molecule has 5 nitrogen and oxygen atoms in total. The first-order valence-corrected chi connectivity index (χ1v) is 10.6. The number of rotatable bonds is 19. The standard InChI is InChI=1S/C24H39FN4O/c1-5-22(13-8-6-7-11-16-30-17-15-27-3)19-29-20-23(18-26)14-10-9-12-21(2)24(25)28-4/h5,7,9,11-12,14,21-22,24,27,29H,1,4,6,8,10,13,15-17,19-20H2,2-3H3/b11-7+,12-9-,23-14+. The van der Waals surface area contributed by atoms with Crippen molar-refractivity contribution < 1.29 is 9.13 Å². The van der Waals surface area contributed by atoms with Gasteiger partial charge >= 0.3 is 0 Å². The van der Waals surface area contributed by atoms with Crippen molar-refractivity contribution in [3.63, 3.8) is 0 Å². The summed E-state index contributed by atoms with van der Waals surface area (Å²) in [5, 5.41) is 15.6. The number of hydrogen-bond acceptors (Lipinski definition) is 5. The van der Waals surface area contributed by atoms with Gasteiger partial charge in [-0.1, -0.05) is 43.4 Å². The van der Waals surface area contributed by atoms with Gasteiger partial charge in [-0.3, -0.25) is 4.99 Å². The summed E-state index contributed by atoms with van der Waals surface area (Å²) in [6, 6.07) is 2.21. The molecule has 0 heterocycles. The van der Waals surface area contributed by atoms with Gasteiger partial charge in [0.05, 0.1) is 19.3 Å². The number of aliphatic imine (C=N–C) groups is 1. The van der Waals surface area contributed by atoms with Crippen LogP contribution in [0.25, 0.3) is 0 Å². The Bertz CT molecular complexity index is 580. The topological polar surface area (TPSA) is 69.4 Å². The van der Waals surface area contributed by atoms with E-state index >= 15 is 0 Å². The van der Waals surface area contributed by atoms with Crippen LogP contribution in [-0.2, 0) is 4.74 Å². The Hall–Kier alpha value is -2.07. The lowest BCUT2D eigenvalue weighted by Crippen LogP contribution is -2.23. The van der Waals surface area contributed by atoms with Crippen molar-refractivity contribution in [3.05, 3.63) is 48.6 Å². The van der Waals surface area contributed by atoms with Crippen molar-refractivity contribution in [2.45, 2.75) is 38.9 Å². The van der Waals surface area contributed by atoms with E-state index in [9.17, 15) is 9.65 Å². The summed E-state index contributed by atoms with van der Waals surface area (Å²) in [5.41, 5.74) is 0.676. The first kappa shape index (κ1) is 27.9. The van der Waals surface area contributed by atoms with Gasteiger partial charge in [0.25, 0.3) is 0 Å². The SMILES string of the molecule is C=CC(CCC/C=C/COCCNC)CNC/C(C#N)=C/C/C=C\C(C)C(F)N=C. The average Bonchev–Trinajstić information content (AvgIpc) is 2.77. The number of hydrogen-bond donors (Lipinski definition) is 2. The molecule has 0 aliphatic heterocycles. The summed E-state index contributed by atoms with van der Waals surface area (Å²) in [6.45, 7) is 12.4. The summed E-state index contributed by atoms with van der Waals surface area (Å²) in [6.07, 6.45) is 14.1. The van der Waals surface area contributed by atoms with Gasteiger partial charge in [-0.05, 0) is 45.4 Å². The van der Waals surface area contributed by atoms with E-state index in [0.717, 1.165) is 39.0 Å². The summed E-state index contributed by atoms with van der Waals surface area (Å²) < 4.78 is 18.7. The Kier molecular flexibility index (Phi) is 18.8. The Morgan fingerprint density at radius 2 is 2.13 bits per heavy atom. The zero-order chi connectivity index (χ0) is 22.5. The zero-order valence-corrected chi connectivity index (χ0v) is 18.7. The van der Waals surface area contributed by atoms with E-state index in [4.69, 9.17) is 4.74 Å². The highest BCUT2D eigenvalue weighted by molar-refractivity contribution is 5.24. The van der Waals surface area contributed by atoms with Crippen LogP contribution in [0.5, 0.6) is 0 Å². The predicted octanol–water partition coefficient (Wildman–Crippen LogP) is 4.37. The number of nitrogens with zero attached hydrogens (tertiary/aromatic N) is 2. The van der Waals surface area contributed by atoms with Crippen LogP contribution in [0.2, 0.25) is 0 Å². The molecule has 0 aliphatic rings. The maximum absolute atomic E-state index is 13.3. The largest absolute Gasteiger partial charge is 0.376 e. The van der Waals surface area contributed by atoms with E-state index in [2.05, 4.69) is 47.1 Å². The van der Waals surface area contributed by atoms with Gasteiger partial charge in [0, 0.05) is 31.1 Å². The first-order valence-electron chi connectivity index (χ1n) is 10.6. The molecule has 3 unspecified atom stereocenters. The molecule has 3 atom stereocenters. The van der Waals surface area contributed by atoms with Crippen LogP contribution in [0.1, 0.15) is 32.6 Å². The highest BCUT2D eigenvalue weighted by Gasteiger charge is 2.09. The molecule has 0 bridgehead atoms. The summed E-state index contributed by atoms with van der Waals surface area (Å²) >= 11 is 0. The van der Waals surface area contributed by atoms with Crippen molar-refractivity contribution in [1.29, 1.82) is 5.26 Å². The molecule has 0 aromatic carbocycles. The Balaban J connectivity index is 4.04. The average molecular weight is 419 g/mol. The molecule has 0 aromatic heterocycles. The summed E-state index contributed by atoms with van der Waals surface area (Å²) in [5.74, 6) is 0.0625. The normalized spacial score (nSPS) is 15.2. The van der Waals surface area contributed by atoms with E-state index in [0.29, 0.717) is 31.1 Å². The van der Waals surface area contributed by atoms with E-state index in [-0.39, 0.29) is 5.92 Å². The number of likely N-dealkylation sites (N-methyl/N-ethyl adjacent to an activating group) is 1. The minimum atomic E-state index is -1.29. The number of allylic oxidation sites excluding steroid dienone is 3. The van der Waals surface area contributed by atoms with Crippen molar-refractivity contribution in [2.75, 3.05) is 39.9 Å². The van der Waals surface area contributed by atoms with Crippen LogP contribution in [0.3, 0.4) is 0 Å². The van der Waals surface area contributed by atoms with E-state index in [1.807, 2.05) is 25.3 Å². The number of alkyl halides is 1. The second-order valence-electron chi connectivity index (χ2n) is 7.13. The number of halogens is 1. The lowest BCUT2D eigenvalue weighted by Gasteiger charge is -2.12. The molecule has 2 N–H and O–H groups in total. The van der Waals surface area contributed by atoms with Gasteiger partial charge in [0.2, 0.25) is 0 Å². The van der Waals surface area contributed by atoms with Crippen LogP contribution in [-0.4, -0.2) is 52.9 Å². The third kappa shape index (κ3) is 15.8. The van der Waals surface area contributed by atoms with Gasteiger partial charge in [-0.2, -0.15) is 5.26 Å². The number of unbranched alkanes of at least 4 members (excludes halogenated alkanes) is 1.